The van der Waals surface area contributed by atoms with E-state index < -0.39 is 5.60 Å². The maximum absolute atomic E-state index is 12.0. The molecule has 1 aliphatic carbocycles. The van der Waals surface area contributed by atoms with Crippen LogP contribution in [0.2, 0.25) is 0 Å². The van der Waals surface area contributed by atoms with Gasteiger partial charge in [-0.3, -0.25) is 4.79 Å². The number of hydrogen-bond acceptors (Lipinski definition) is 3. The van der Waals surface area contributed by atoms with Crippen LogP contribution in [0.3, 0.4) is 0 Å². The van der Waals surface area contributed by atoms with Crippen molar-refractivity contribution < 1.29 is 14.3 Å². The van der Waals surface area contributed by atoms with Crippen molar-refractivity contribution in [2.75, 3.05) is 0 Å². The zero-order chi connectivity index (χ0) is 14.6. The summed E-state index contributed by atoms with van der Waals surface area (Å²) in [7, 11) is 0. The minimum atomic E-state index is -0.480. The largest absolute Gasteiger partial charge is 0.444 e. The Morgan fingerprint density at radius 1 is 1.21 bits per heavy atom. The van der Waals surface area contributed by atoms with Crippen LogP contribution < -0.4 is 5.32 Å². The average Bonchev–Trinajstić information content (AvgIpc) is 2.25. The molecule has 1 N–H and O–H groups in total. The third-order valence-corrected chi connectivity index (χ3v) is 3.37. The van der Waals surface area contributed by atoms with Crippen LogP contribution in [-0.2, 0) is 9.53 Å². The van der Waals surface area contributed by atoms with Crippen LogP contribution in [0.25, 0.3) is 0 Å². The number of hydrogen-bond donors (Lipinski definition) is 1. The Labute approximate surface area is 116 Å². The number of alkyl carbamates (subject to hydrolysis) is 1. The minimum absolute atomic E-state index is 0.0660. The molecule has 0 aromatic carbocycles. The lowest BCUT2D eigenvalue weighted by atomic mass is 9.80. The van der Waals surface area contributed by atoms with Crippen LogP contribution >= 0.6 is 0 Å². The first kappa shape index (κ1) is 16.0. The quantitative estimate of drug-likeness (QED) is 0.855. The molecule has 0 saturated heterocycles. The van der Waals surface area contributed by atoms with Crippen LogP contribution in [0.15, 0.2) is 0 Å². The van der Waals surface area contributed by atoms with Crippen molar-refractivity contribution in [3.8, 4) is 0 Å². The molecule has 1 fully saturated rings. The van der Waals surface area contributed by atoms with Gasteiger partial charge >= 0.3 is 6.09 Å². The molecule has 1 saturated carbocycles. The van der Waals surface area contributed by atoms with Crippen molar-refractivity contribution in [3.63, 3.8) is 0 Å². The number of carbonyl (C=O) groups excluding carboxylic acids is 2. The summed E-state index contributed by atoms with van der Waals surface area (Å²) in [5.41, 5.74) is -0.480. The fraction of sp³-hybridized carbons (Fsp3) is 0.867. The van der Waals surface area contributed by atoms with Gasteiger partial charge in [0.2, 0.25) is 0 Å². The Kier molecular flexibility index (Phi) is 5.39. The monoisotopic (exact) mass is 269 g/mol. The molecule has 4 nitrogen and oxygen atoms in total. The Balaban J connectivity index is 2.47. The molecule has 0 aromatic rings. The summed E-state index contributed by atoms with van der Waals surface area (Å²) < 4.78 is 5.25. The number of carbonyl (C=O) groups is 2. The second kappa shape index (κ2) is 6.40. The van der Waals surface area contributed by atoms with E-state index in [-0.39, 0.29) is 24.0 Å². The first-order valence-electron chi connectivity index (χ1n) is 7.22. The van der Waals surface area contributed by atoms with Gasteiger partial charge in [-0.2, -0.15) is 0 Å². The van der Waals surface area contributed by atoms with E-state index in [4.69, 9.17) is 4.74 Å². The molecule has 1 unspecified atom stereocenters. The molecule has 0 aliphatic heterocycles. The Morgan fingerprint density at radius 3 is 2.37 bits per heavy atom. The summed E-state index contributed by atoms with van der Waals surface area (Å²) in [6, 6.07) is 0.0660. The Morgan fingerprint density at radius 2 is 1.84 bits per heavy atom. The van der Waals surface area contributed by atoms with Gasteiger partial charge in [-0.05, 0) is 40.0 Å². The van der Waals surface area contributed by atoms with Crippen LogP contribution in [0.4, 0.5) is 4.79 Å². The molecular formula is C15H27NO3. The molecule has 1 aliphatic rings. The Bertz CT molecular complexity index is 331. The van der Waals surface area contributed by atoms with Gasteiger partial charge < -0.3 is 10.1 Å². The molecule has 19 heavy (non-hydrogen) atoms. The summed E-state index contributed by atoms with van der Waals surface area (Å²) in [5.74, 6) is 0.481. The van der Waals surface area contributed by atoms with Crippen molar-refractivity contribution in [2.45, 2.75) is 71.9 Å². The van der Waals surface area contributed by atoms with E-state index in [0.717, 1.165) is 25.7 Å². The zero-order valence-corrected chi connectivity index (χ0v) is 12.8. The number of nitrogens with one attached hydrogen (secondary N) is 1. The minimum Gasteiger partial charge on any atom is -0.444 e. The van der Waals surface area contributed by atoms with E-state index in [1.165, 1.54) is 0 Å². The second-order valence-corrected chi connectivity index (χ2v) is 6.76. The SMILES string of the molecule is CC(C)C(=O)C1CCC[C@@H](NC(=O)OC(C)(C)C)C1. The predicted octanol–water partition coefficient (Wildman–Crippen LogP) is 3.30. The highest BCUT2D eigenvalue weighted by Crippen LogP contribution is 2.27. The van der Waals surface area contributed by atoms with Crippen LogP contribution in [0.5, 0.6) is 0 Å². The number of amides is 1. The van der Waals surface area contributed by atoms with Gasteiger partial charge in [0.15, 0.2) is 0 Å². The van der Waals surface area contributed by atoms with Crippen molar-refractivity contribution in [1.29, 1.82) is 0 Å². The first-order valence-corrected chi connectivity index (χ1v) is 7.22. The maximum Gasteiger partial charge on any atom is 0.407 e. The molecule has 1 amide bonds. The highest BCUT2D eigenvalue weighted by molar-refractivity contribution is 5.83. The summed E-state index contributed by atoms with van der Waals surface area (Å²) in [4.78, 5) is 23.7. The Hall–Kier alpha value is -1.06. The lowest BCUT2D eigenvalue weighted by Crippen LogP contribution is -2.42. The van der Waals surface area contributed by atoms with E-state index in [1.807, 2.05) is 34.6 Å². The number of rotatable bonds is 3. The summed E-state index contributed by atoms with van der Waals surface area (Å²) in [6.07, 6.45) is 3.24. The fourth-order valence-electron chi connectivity index (χ4n) is 2.52. The smallest absolute Gasteiger partial charge is 0.407 e. The average molecular weight is 269 g/mol. The van der Waals surface area contributed by atoms with Gasteiger partial charge in [0.05, 0.1) is 0 Å². The third-order valence-electron chi connectivity index (χ3n) is 3.37. The van der Waals surface area contributed by atoms with E-state index >= 15 is 0 Å². The molecule has 0 aromatic heterocycles. The van der Waals surface area contributed by atoms with E-state index in [2.05, 4.69) is 5.32 Å². The molecule has 110 valence electrons. The number of ketones is 1. The van der Waals surface area contributed by atoms with Gasteiger partial charge in [0.25, 0.3) is 0 Å². The maximum atomic E-state index is 12.0. The van der Waals surface area contributed by atoms with Crippen LogP contribution in [0, 0.1) is 11.8 Å². The lowest BCUT2D eigenvalue weighted by molar-refractivity contribution is -0.127. The second-order valence-electron chi connectivity index (χ2n) is 6.76. The van der Waals surface area contributed by atoms with Crippen LogP contribution in [-0.4, -0.2) is 23.5 Å². The fourth-order valence-corrected chi connectivity index (χ4v) is 2.52. The van der Waals surface area contributed by atoms with Crippen molar-refractivity contribution in [3.05, 3.63) is 0 Å². The van der Waals surface area contributed by atoms with E-state index in [1.54, 1.807) is 0 Å². The molecule has 0 radical (unpaired) electrons. The first-order chi connectivity index (χ1) is 8.69. The van der Waals surface area contributed by atoms with E-state index in [0.29, 0.717) is 5.78 Å². The standard InChI is InChI=1S/C15H27NO3/c1-10(2)13(17)11-7-6-8-12(9-11)16-14(18)19-15(3,4)5/h10-12H,6-9H2,1-5H3,(H,16,18)/t11?,12-/m1/s1. The zero-order valence-electron chi connectivity index (χ0n) is 12.8. The molecule has 4 heteroatoms. The molecular weight excluding hydrogens is 242 g/mol. The van der Waals surface area contributed by atoms with Gasteiger partial charge in [-0.1, -0.05) is 20.3 Å². The summed E-state index contributed by atoms with van der Waals surface area (Å²) in [6.45, 7) is 9.41. The molecule has 1 rings (SSSR count). The van der Waals surface area contributed by atoms with Gasteiger partial charge in [-0.25, -0.2) is 4.79 Å². The topological polar surface area (TPSA) is 55.4 Å². The van der Waals surface area contributed by atoms with Gasteiger partial charge in [0.1, 0.15) is 11.4 Å². The van der Waals surface area contributed by atoms with Gasteiger partial charge in [-0.15, -0.1) is 0 Å². The molecule has 0 bridgehead atoms. The summed E-state index contributed by atoms with van der Waals surface area (Å²) >= 11 is 0. The normalized spacial score (nSPS) is 24.1. The van der Waals surface area contributed by atoms with Crippen molar-refractivity contribution in [1.82, 2.24) is 5.32 Å². The number of Topliss-reactive ketones (excluding diaryl/α,β-unsaturated/α-hetero) is 1. The predicted molar refractivity (Wildman–Crippen MR) is 75.0 cm³/mol. The molecule has 2 atom stereocenters. The number of ether oxygens (including phenoxy) is 1. The van der Waals surface area contributed by atoms with Crippen molar-refractivity contribution >= 4 is 11.9 Å². The highest BCUT2D eigenvalue weighted by atomic mass is 16.6. The van der Waals surface area contributed by atoms with Gasteiger partial charge in [0, 0.05) is 17.9 Å². The lowest BCUT2D eigenvalue weighted by Gasteiger charge is -2.30. The molecule has 0 spiro atoms. The van der Waals surface area contributed by atoms with E-state index in [9.17, 15) is 9.59 Å². The molecule has 0 heterocycles. The van der Waals surface area contributed by atoms with Crippen molar-refractivity contribution in [2.24, 2.45) is 11.8 Å². The third kappa shape index (κ3) is 5.62. The van der Waals surface area contributed by atoms with Crippen LogP contribution in [0.1, 0.15) is 60.3 Å². The highest BCUT2D eigenvalue weighted by Gasteiger charge is 2.30. The summed E-state index contributed by atoms with van der Waals surface area (Å²) in [5, 5.41) is 2.89.